The summed E-state index contributed by atoms with van der Waals surface area (Å²) in [7, 11) is 0. The van der Waals surface area contributed by atoms with Gasteiger partial charge in [-0.25, -0.2) is 4.79 Å². The van der Waals surface area contributed by atoms with Gasteiger partial charge in [-0.3, -0.25) is 4.79 Å². The standard InChI is InChI=1S/C12H14ClNO4/c13-9-4-2-1-3-8(9)5-6-11(16)14-10(7-15)12(17)18/h1-4,10,15H,5-7H2,(H,14,16)(H,17,18). The number of hydrogen-bond donors (Lipinski definition) is 3. The van der Waals surface area contributed by atoms with Crippen LogP contribution in [0.4, 0.5) is 0 Å². The van der Waals surface area contributed by atoms with Crippen LogP contribution in [0.3, 0.4) is 0 Å². The Morgan fingerprint density at radius 2 is 2.00 bits per heavy atom. The third-order valence-corrected chi connectivity index (χ3v) is 2.76. The molecule has 98 valence electrons. The van der Waals surface area contributed by atoms with E-state index in [2.05, 4.69) is 5.32 Å². The molecule has 0 aliphatic heterocycles. The minimum atomic E-state index is -1.26. The number of carboxylic acid groups (broad SMARTS) is 1. The molecule has 0 aliphatic rings. The van der Waals surface area contributed by atoms with Crippen LogP contribution in [0.5, 0.6) is 0 Å². The van der Waals surface area contributed by atoms with Crippen molar-refractivity contribution in [3.63, 3.8) is 0 Å². The van der Waals surface area contributed by atoms with Gasteiger partial charge in [0.25, 0.3) is 0 Å². The minimum absolute atomic E-state index is 0.119. The van der Waals surface area contributed by atoms with E-state index in [4.69, 9.17) is 21.8 Å². The van der Waals surface area contributed by atoms with E-state index in [1.807, 2.05) is 6.07 Å². The number of aryl methyl sites for hydroxylation is 1. The summed E-state index contributed by atoms with van der Waals surface area (Å²) < 4.78 is 0. The summed E-state index contributed by atoms with van der Waals surface area (Å²) in [5.41, 5.74) is 0.824. The molecule has 1 unspecified atom stereocenters. The zero-order chi connectivity index (χ0) is 13.5. The molecule has 0 radical (unpaired) electrons. The normalized spacial score (nSPS) is 11.9. The summed E-state index contributed by atoms with van der Waals surface area (Å²) in [6.07, 6.45) is 0.538. The van der Waals surface area contributed by atoms with Gasteiger partial charge in [-0.15, -0.1) is 0 Å². The number of hydrogen-bond acceptors (Lipinski definition) is 3. The number of rotatable bonds is 6. The molecule has 1 rings (SSSR count). The number of nitrogens with one attached hydrogen (secondary N) is 1. The lowest BCUT2D eigenvalue weighted by Gasteiger charge is -2.11. The SMILES string of the molecule is O=C(CCc1ccccc1Cl)NC(CO)C(=O)O. The largest absolute Gasteiger partial charge is 0.480 e. The van der Waals surface area contributed by atoms with Crippen molar-refractivity contribution in [1.29, 1.82) is 0 Å². The van der Waals surface area contributed by atoms with Gasteiger partial charge in [-0.1, -0.05) is 29.8 Å². The number of amides is 1. The molecule has 6 heteroatoms. The Kier molecular flexibility index (Phi) is 5.61. The van der Waals surface area contributed by atoms with E-state index in [1.54, 1.807) is 18.2 Å². The predicted octanol–water partition coefficient (Wildman–Crippen LogP) is 0.834. The van der Waals surface area contributed by atoms with Crippen LogP contribution in [0.25, 0.3) is 0 Å². The van der Waals surface area contributed by atoms with Gasteiger partial charge >= 0.3 is 5.97 Å². The molecule has 5 nitrogen and oxygen atoms in total. The van der Waals surface area contributed by atoms with Crippen molar-refractivity contribution in [3.8, 4) is 0 Å². The fraction of sp³-hybridized carbons (Fsp3) is 0.333. The molecule has 0 aliphatic carbocycles. The van der Waals surface area contributed by atoms with Gasteiger partial charge in [0.2, 0.25) is 5.91 Å². The Labute approximate surface area is 109 Å². The summed E-state index contributed by atoms with van der Waals surface area (Å²) in [5, 5.41) is 20.2. The van der Waals surface area contributed by atoms with Crippen LogP contribution in [0, 0.1) is 0 Å². The summed E-state index contributed by atoms with van der Waals surface area (Å²) >= 11 is 5.93. The lowest BCUT2D eigenvalue weighted by atomic mass is 10.1. The molecule has 1 atom stereocenters. The molecule has 0 heterocycles. The summed E-state index contributed by atoms with van der Waals surface area (Å²) in [4.78, 5) is 22.1. The Hall–Kier alpha value is -1.59. The third-order valence-electron chi connectivity index (χ3n) is 2.40. The molecule has 0 aromatic heterocycles. The van der Waals surface area contributed by atoms with Crippen molar-refractivity contribution in [2.75, 3.05) is 6.61 Å². The van der Waals surface area contributed by atoms with Crippen LogP contribution in [-0.2, 0) is 16.0 Å². The number of aliphatic hydroxyl groups is 1. The van der Waals surface area contributed by atoms with E-state index >= 15 is 0 Å². The average molecular weight is 272 g/mol. The van der Waals surface area contributed by atoms with Crippen molar-refractivity contribution in [1.82, 2.24) is 5.32 Å². The van der Waals surface area contributed by atoms with E-state index < -0.39 is 24.5 Å². The molecule has 0 saturated carbocycles. The molecule has 18 heavy (non-hydrogen) atoms. The van der Waals surface area contributed by atoms with Crippen molar-refractivity contribution in [2.45, 2.75) is 18.9 Å². The van der Waals surface area contributed by atoms with Crippen molar-refractivity contribution in [3.05, 3.63) is 34.9 Å². The number of carbonyl (C=O) groups excluding carboxylic acids is 1. The highest BCUT2D eigenvalue weighted by molar-refractivity contribution is 6.31. The molecule has 1 amide bonds. The van der Waals surface area contributed by atoms with Crippen LogP contribution < -0.4 is 5.32 Å². The van der Waals surface area contributed by atoms with Crippen molar-refractivity contribution >= 4 is 23.5 Å². The Bertz CT molecular complexity index is 436. The van der Waals surface area contributed by atoms with E-state index in [1.165, 1.54) is 0 Å². The summed E-state index contributed by atoms with van der Waals surface area (Å²) in [6, 6.07) is 5.87. The maximum Gasteiger partial charge on any atom is 0.328 e. The smallest absolute Gasteiger partial charge is 0.328 e. The number of aliphatic carboxylic acids is 1. The van der Waals surface area contributed by atoms with Gasteiger partial charge in [-0.2, -0.15) is 0 Å². The van der Waals surface area contributed by atoms with Crippen LogP contribution in [-0.4, -0.2) is 34.7 Å². The monoisotopic (exact) mass is 271 g/mol. The Morgan fingerprint density at radius 1 is 1.33 bits per heavy atom. The first-order valence-electron chi connectivity index (χ1n) is 5.41. The number of carbonyl (C=O) groups is 2. The molecule has 0 fully saturated rings. The minimum Gasteiger partial charge on any atom is -0.480 e. The molecule has 3 N–H and O–H groups in total. The zero-order valence-corrected chi connectivity index (χ0v) is 10.4. The number of benzene rings is 1. The van der Waals surface area contributed by atoms with Crippen LogP contribution in [0.15, 0.2) is 24.3 Å². The van der Waals surface area contributed by atoms with Gasteiger partial charge in [0, 0.05) is 11.4 Å². The van der Waals surface area contributed by atoms with E-state index in [9.17, 15) is 9.59 Å². The van der Waals surface area contributed by atoms with Crippen LogP contribution >= 0.6 is 11.6 Å². The third kappa shape index (κ3) is 4.35. The molecule has 1 aromatic rings. The van der Waals surface area contributed by atoms with Gasteiger partial charge in [-0.05, 0) is 18.1 Å². The van der Waals surface area contributed by atoms with Crippen molar-refractivity contribution < 1.29 is 19.8 Å². The fourth-order valence-electron chi connectivity index (χ4n) is 1.40. The highest BCUT2D eigenvalue weighted by Crippen LogP contribution is 2.16. The quantitative estimate of drug-likeness (QED) is 0.715. The molecule has 0 saturated heterocycles. The highest BCUT2D eigenvalue weighted by atomic mass is 35.5. The Balaban J connectivity index is 2.47. The first-order valence-corrected chi connectivity index (χ1v) is 5.79. The molecular weight excluding hydrogens is 258 g/mol. The second kappa shape index (κ2) is 6.98. The Morgan fingerprint density at radius 3 is 2.56 bits per heavy atom. The van der Waals surface area contributed by atoms with Crippen molar-refractivity contribution in [2.24, 2.45) is 0 Å². The summed E-state index contributed by atoms with van der Waals surface area (Å²) in [5.74, 6) is -1.69. The highest BCUT2D eigenvalue weighted by Gasteiger charge is 2.18. The number of carboxylic acids is 1. The van der Waals surface area contributed by atoms with Crippen LogP contribution in [0.2, 0.25) is 5.02 Å². The fourth-order valence-corrected chi connectivity index (χ4v) is 1.63. The first kappa shape index (κ1) is 14.5. The lowest BCUT2D eigenvalue weighted by Crippen LogP contribution is -2.43. The average Bonchev–Trinajstić information content (AvgIpc) is 2.34. The predicted molar refractivity (Wildman–Crippen MR) is 66.4 cm³/mol. The molecule has 0 bridgehead atoms. The van der Waals surface area contributed by atoms with E-state index in [0.29, 0.717) is 11.4 Å². The summed E-state index contributed by atoms with van der Waals surface area (Å²) in [6.45, 7) is -0.632. The van der Waals surface area contributed by atoms with E-state index in [0.717, 1.165) is 5.56 Å². The number of aliphatic hydroxyl groups excluding tert-OH is 1. The maximum absolute atomic E-state index is 11.5. The molecule has 1 aromatic carbocycles. The van der Waals surface area contributed by atoms with Gasteiger partial charge in [0.05, 0.1) is 6.61 Å². The molecule has 0 spiro atoms. The second-order valence-corrected chi connectivity index (χ2v) is 4.14. The first-order chi connectivity index (χ1) is 8.54. The number of halogens is 1. The van der Waals surface area contributed by atoms with Gasteiger partial charge in [0.15, 0.2) is 0 Å². The lowest BCUT2D eigenvalue weighted by molar-refractivity contribution is -0.142. The topological polar surface area (TPSA) is 86.6 Å². The maximum atomic E-state index is 11.5. The zero-order valence-electron chi connectivity index (χ0n) is 9.60. The molecular formula is C12H14ClNO4. The van der Waals surface area contributed by atoms with Crippen LogP contribution in [0.1, 0.15) is 12.0 Å². The van der Waals surface area contributed by atoms with E-state index in [-0.39, 0.29) is 6.42 Å². The second-order valence-electron chi connectivity index (χ2n) is 3.73. The van der Waals surface area contributed by atoms with Gasteiger partial charge < -0.3 is 15.5 Å². The van der Waals surface area contributed by atoms with Gasteiger partial charge in [0.1, 0.15) is 6.04 Å².